The van der Waals surface area contributed by atoms with E-state index in [0.717, 1.165) is 31.8 Å². The van der Waals surface area contributed by atoms with Crippen LogP contribution in [0.1, 0.15) is 46.1 Å². The van der Waals surface area contributed by atoms with Crippen molar-refractivity contribution in [3.63, 3.8) is 0 Å². The van der Waals surface area contributed by atoms with Crippen LogP contribution in [0, 0.1) is 11.3 Å². The molecule has 0 spiro atoms. The molecule has 1 fully saturated rings. The van der Waals surface area contributed by atoms with E-state index in [2.05, 4.69) is 20.6 Å². The van der Waals surface area contributed by atoms with Crippen LogP contribution in [-0.2, 0) is 6.54 Å². The zero-order valence-electron chi connectivity index (χ0n) is 15.5. The van der Waals surface area contributed by atoms with Crippen LogP contribution < -0.4 is 0 Å². The van der Waals surface area contributed by atoms with Crippen molar-refractivity contribution in [2.45, 2.75) is 25.3 Å². The molecule has 0 N–H and O–H groups in total. The van der Waals surface area contributed by atoms with Gasteiger partial charge in [-0.1, -0.05) is 0 Å². The van der Waals surface area contributed by atoms with Gasteiger partial charge >= 0.3 is 0 Å². The predicted octanol–water partition coefficient (Wildman–Crippen LogP) is 3.22. The highest BCUT2D eigenvalue weighted by atomic mass is 16.2. The second-order valence-corrected chi connectivity index (χ2v) is 7.05. The second kappa shape index (κ2) is 8.05. The summed E-state index contributed by atoms with van der Waals surface area (Å²) in [6.45, 7) is 2.16. The molecular formula is C22H21N5O. The minimum Gasteiger partial charge on any atom is -0.338 e. The molecule has 0 saturated carbocycles. The third-order valence-electron chi connectivity index (χ3n) is 5.18. The van der Waals surface area contributed by atoms with Gasteiger partial charge in [0.1, 0.15) is 5.82 Å². The van der Waals surface area contributed by atoms with Crippen LogP contribution in [-0.4, -0.2) is 38.4 Å². The highest BCUT2D eigenvalue weighted by molar-refractivity contribution is 5.94. The Kier molecular flexibility index (Phi) is 5.16. The lowest BCUT2D eigenvalue weighted by molar-refractivity contribution is 0.0703. The van der Waals surface area contributed by atoms with Crippen molar-refractivity contribution in [1.29, 1.82) is 5.26 Å². The lowest BCUT2D eigenvalue weighted by Crippen LogP contribution is -2.39. The number of hydrogen-bond donors (Lipinski definition) is 0. The Bertz CT molecular complexity index is 988. The molecule has 2 aromatic heterocycles. The minimum atomic E-state index is 0.0152. The second-order valence-electron chi connectivity index (χ2n) is 7.05. The zero-order valence-corrected chi connectivity index (χ0v) is 15.5. The summed E-state index contributed by atoms with van der Waals surface area (Å²) in [5, 5.41) is 8.93. The van der Waals surface area contributed by atoms with Crippen LogP contribution >= 0.6 is 0 Å². The maximum absolute atomic E-state index is 12.9. The lowest BCUT2D eigenvalue weighted by Gasteiger charge is -2.32. The Balaban J connectivity index is 1.49. The third-order valence-corrected chi connectivity index (χ3v) is 5.18. The Morgan fingerprint density at radius 3 is 2.68 bits per heavy atom. The van der Waals surface area contributed by atoms with Crippen molar-refractivity contribution in [3.8, 4) is 6.07 Å². The first kappa shape index (κ1) is 17.9. The zero-order chi connectivity index (χ0) is 19.3. The van der Waals surface area contributed by atoms with E-state index in [-0.39, 0.29) is 11.8 Å². The maximum Gasteiger partial charge on any atom is 0.253 e. The average molecular weight is 371 g/mol. The SMILES string of the molecule is N#Cc1ccc(C(=O)N2CCC[C@H](c3nccn3Cc3ccncc3)C2)cc1. The van der Waals surface area contributed by atoms with Crippen molar-refractivity contribution in [3.05, 3.63) is 83.7 Å². The number of benzene rings is 1. The standard InChI is InChI=1S/C22H21N5O/c23-14-17-3-5-19(6-4-17)22(28)27-12-1-2-20(16-27)21-25-11-13-26(21)15-18-7-9-24-10-8-18/h3-11,13,20H,1-2,12,15-16H2/t20-/m0/s1. The van der Waals surface area contributed by atoms with Crippen molar-refractivity contribution < 1.29 is 4.79 Å². The van der Waals surface area contributed by atoms with Gasteiger partial charge < -0.3 is 9.47 Å². The molecular weight excluding hydrogens is 350 g/mol. The molecule has 1 aromatic carbocycles. The Morgan fingerprint density at radius 1 is 1.14 bits per heavy atom. The number of aromatic nitrogens is 3. The van der Waals surface area contributed by atoms with Gasteiger partial charge in [0.2, 0.25) is 0 Å². The summed E-state index contributed by atoms with van der Waals surface area (Å²) in [4.78, 5) is 23.5. The van der Waals surface area contributed by atoms with Gasteiger partial charge in [0.25, 0.3) is 5.91 Å². The fraction of sp³-hybridized carbons (Fsp3) is 0.273. The first-order valence-electron chi connectivity index (χ1n) is 9.44. The largest absolute Gasteiger partial charge is 0.338 e. The normalized spacial score (nSPS) is 16.5. The molecule has 28 heavy (non-hydrogen) atoms. The molecule has 0 aliphatic carbocycles. The van der Waals surface area contributed by atoms with Crippen LogP contribution in [0.25, 0.3) is 0 Å². The molecule has 140 valence electrons. The van der Waals surface area contributed by atoms with Crippen LogP contribution in [0.15, 0.2) is 61.2 Å². The summed E-state index contributed by atoms with van der Waals surface area (Å²) in [5.41, 5.74) is 2.36. The predicted molar refractivity (Wildman–Crippen MR) is 105 cm³/mol. The van der Waals surface area contributed by atoms with Gasteiger partial charge in [-0.05, 0) is 54.8 Å². The maximum atomic E-state index is 12.9. The van der Waals surface area contributed by atoms with E-state index in [9.17, 15) is 4.79 Å². The fourth-order valence-electron chi connectivity index (χ4n) is 3.74. The monoisotopic (exact) mass is 371 g/mol. The molecule has 1 aliphatic heterocycles. The molecule has 0 radical (unpaired) electrons. The molecule has 3 heterocycles. The van der Waals surface area contributed by atoms with E-state index in [1.807, 2.05) is 29.4 Å². The number of carbonyl (C=O) groups excluding carboxylic acids is 1. The summed E-state index contributed by atoms with van der Waals surface area (Å²) < 4.78 is 2.16. The summed E-state index contributed by atoms with van der Waals surface area (Å²) in [5.74, 6) is 1.25. The molecule has 3 aromatic rings. The molecule has 1 saturated heterocycles. The number of nitriles is 1. The smallest absolute Gasteiger partial charge is 0.253 e. The number of likely N-dealkylation sites (tertiary alicyclic amines) is 1. The number of piperidine rings is 1. The summed E-state index contributed by atoms with van der Waals surface area (Å²) in [7, 11) is 0. The minimum absolute atomic E-state index is 0.0152. The molecule has 0 bridgehead atoms. The molecule has 1 atom stereocenters. The van der Waals surface area contributed by atoms with Crippen molar-refractivity contribution in [2.24, 2.45) is 0 Å². The summed E-state index contributed by atoms with van der Waals surface area (Å²) in [6, 6.07) is 12.9. The first-order chi connectivity index (χ1) is 13.7. The van der Waals surface area contributed by atoms with Gasteiger partial charge in [-0.15, -0.1) is 0 Å². The molecule has 6 heteroatoms. The molecule has 4 rings (SSSR count). The van der Waals surface area contributed by atoms with Crippen molar-refractivity contribution in [1.82, 2.24) is 19.4 Å². The van der Waals surface area contributed by atoms with Crippen LogP contribution in [0.5, 0.6) is 0 Å². The van der Waals surface area contributed by atoms with E-state index in [1.54, 1.807) is 36.7 Å². The highest BCUT2D eigenvalue weighted by Gasteiger charge is 2.28. The number of amides is 1. The fourth-order valence-corrected chi connectivity index (χ4v) is 3.74. The molecule has 0 unspecified atom stereocenters. The molecule has 1 amide bonds. The van der Waals surface area contributed by atoms with Crippen LogP contribution in [0.2, 0.25) is 0 Å². The van der Waals surface area contributed by atoms with E-state index >= 15 is 0 Å². The average Bonchev–Trinajstić information content (AvgIpc) is 3.22. The summed E-state index contributed by atoms with van der Waals surface area (Å²) in [6.07, 6.45) is 9.39. The number of imidazole rings is 1. The van der Waals surface area contributed by atoms with E-state index in [0.29, 0.717) is 17.7 Å². The first-order valence-corrected chi connectivity index (χ1v) is 9.44. The number of nitrogens with zero attached hydrogens (tertiary/aromatic N) is 5. The Labute approximate surface area is 164 Å². The van der Waals surface area contributed by atoms with E-state index < -0.39 is 0 Å². The van der Waals surface area contributed by atoms with Crippen LogP contribution in [0.3, 0.4) is 0 Å². The number of hydrogen-bond acceptors (Lipinski definition) is 4. The molecule has 1 aliphatic rings. The summed E-state index contributed by atoms with van der Waals surface area (Å²) >= 11 is 0. The van der Waals surface area contributed by atoms with Gasteiger partial charge in [0.05, 0.1) is 11.6 Å². The van der Waals surface area contributed by atoms with Gasteiger partial charge in [0, 0.05) is 55.9 Å². The van der Waals surface area contributed by atoms with E-state index in [1.165, 1.54) is 5.56 Å². The lowest BCUT2D eigenvalue weighted by atomic mass is 9.96. The van der Waals surface area contributed by atoms with Gasteiger partial charge in [-0.2, -0.15) is 5.26 Å². The Morgan fingerprint density at radius 2 is 1.93 bits per heavy atom. The van der Waals surface area contributed by atoms with Crippen molar-refractivity contribution in [2.75, 3.05) is 13.1 Å². The third kappa shape index (κ3) is 3.79. The quantitative estimate of drug-likeness (QED) is 0.706. The Hall–Kier alpha value is -3.46. The highest BCUT2D eigenvalue weighted by Crippen LogP contribution is 2.27. The molecule has 6 nitrogen and oxygen atoms in total. The van der Waals surface area contributed by atoms with Gasteiger partial charge in [-0.3, -0.25) is 9.78 Å². The van der Waals surface area contributed by atoms with Crippen molar-refractivity contribution >= 4 is 5.91 Å². The topological polar surface area (TPSA) is 74.8 Å². The number of carbonyl (C=O) groups is 1. The van der Waals surface area contributed by atoms with E-state index in [4.69, 9.17) is 5.26 Å². The van der Waals surface area contributed by atoms with Crippen LogP contribution in [0.4, 0.5) is 0 Å². The number of rotatable bonds is 4. The van der Waals surface area contributed by atoms with Gasteiger partial charge in [-0.25, -0.2) is 4.98 Å². The number of pyridine rings is 1. The van der Waals surface area contributed by atoms with Gasteiger partial charge in [0.15, 0.2) is 0 Å².